The van der Waals surface area contributed by atoms with Crippen molar-refractivity contribution in [3.63, 3.8) is 0 Å². The molecule has 0 aromatic carbocycles. The average Bonchev–Trinajstić information content (AvgIpc) is 2.19. The second-order valence-corrected chi connectivity index (χ2v) is 3.91. The van der Waals surface area contributed by atoms with E-state index in [0.717, 1.165) is 25.0 Å². The van der Waals surface area contributed by atoms with E-state index in [1.807, 2.05) is 12.1 Å². The number of nitrogens with zero attached hydrogens (tertiary/aromatic N) is 1. The van der Waals surface area contributed by atoms with Crippen LogP contribution in [0.2, 0.25) is 0 Å². The second kappa shape index (κ2) is 4.07. The van der Waals surface area contributed by atoms with Gasteiger partial charge in [-0.05, 0) is 30.5 Å². The summed E-state index contributed by atoms with van der Waals surface area (Å²) in [5, 5.41) is 10.2. The monoisotopic (exact) mass is 193 g/mol. The zero-order valence-electron chi connectivity index (χ0n) is 8.15. The molecule has 1 aliphatic rings. The molecule has 1 fully saturated rings. The van der Waals surface area contributed by atoms with Gasteiger partial charge in [-0.1, -0.05) is 0 Å². The Morgan fingerprint density at radius 2 is 2.21 bits per heavy atom. The molecule has 1 aromatic rings. The van der Waals surface area contributed by atoms with Gasteiger partial charge in [-0.3, -0.25) is 4.98 Å². The van der Waals surface area contributed by atoms with Crippen LogP contribution in [0.4, 0.5) is 0 Å². The highest BCUT2D eigenvalue weighted by Crippen LogP contribution is 2.23. The highest BCUT2D eigenvalue weighted by molar-refractivity contribution is 5.13. The van der Waals surface area contributed by atoms with E-state index in [1.54, 1.807) is 12.4 Å². The highest BCUT2D eigenvalue weighted by atomic mass is 16.5. The molecule has 0 radical (unpaired) electrons. The van der Waals surface area contributed by atoms with Gasteiger partial charge >= 0.3 is 0 Å². The van der Waals surface area contributed by atoms with Crippen LogP contribution in [0.15, 0.2) is 24.5 Å². The normalized spacial score (nSPS) is 27.5. The van der Waals surface area contributed by atoms with Gasteiger partial charge < -0.3 is 9.84 Å². The average molecular weight is 193 g/mol. The lowest BCUT2D eigenvalue weighted by atomic mass is 9.90. The zero-order valence-corrected chi connectivity index (χ0v) is 8.15. The summed E-state index contributed by atoms with van der Waals surface area (Å²) in [6, 6.07) is 3.87. The summed E-state index contributed by atoms with van der Waals surface area (Å²) >= 11 is 0. The molecule has 1 N–H and O–H groups in total. The van der Waals surface area contributed by atoms with Gasteiger partial charge in [0.25, 0.3) is 0 Å². The highest BCUT2D eigenvalue weighted by Gasteiger charge is 2.29. The molecule has 3 heteroatoms. The zero-order chi connectivity index (χ0) is 9.86. The molecule has 1 aliphatic heterocycles. The Kier molecular flexibility index (Phi) is 2.79. The summed E-state index contributed by atoms with van der Waals surface area (Å²) in [4.78, 5) is 3.95. The fourth-order valence-electron chi connectivity index (χ4n) is 1.86. The van der Waals surface area contributed by atoms with Crippen molar-refractivity contribution in [2.24, 2.45) is 0 Å². The Morgan fingerprint density at radius 3 is 2.86 bits per heavy atom. The lowest BCUT2D eigenvalue weighted by Crippen LogP contribution is -2.40. The number of aromatic nitrogens is 1. The van der Waals surface area contributed by atoms with Crippen molar-refractivity contribution in [3.05, 3.63) is 30.1 Å². The summed E-state index contributed by atoms with van der Waals surface area (Å²) in [7, 11) is 0. The smallest absolute Gasteiger partial charge is 0.0921 e. The minimum absolute atomic E-state index is 0.454. The van der Waals surface area contributed by atoms with Crippen molar-refractivity contribution in [3.8, 4) is 0 Å². The molecule has 0 saturated carbocycles. The van der Waals surface area contributed by atoms with Gasteiger partial charge in [0.1, 0.15) is 0 Å². The first-order valence-electron chi connectivity index (χ1n) is 4.98. The Balaban J connectivity index is 2.02. The molecule has 0 aliphatic carbocycles. The predicted molar refractivity (Wildman–Crippen MR) is 52.9 cm³/mol. The molecule has 2 rings (SSSR count). The van der Waals surface area contributed by atoms with E-state index in [1.165, 1.54) is 0 Å². The molecule has 14 heavy (non-hydrogen) atoms. The van der Waals surface area contributed by atoms with Crippen molar-refractivity contribution in [2.75, 3.05) is 13.2 Å². The van der Waals surface area contributed by atoms with E-state index >= 15 is 0 Å². The van der Waals surface area contributed by atoms with Crippen molar-refractivity contribution in [2.45, 2.75) is 24.9 Å². The van der Waals surface area contributed by atoms with Crippen molar-refractivity contribution in [1.29, 1.82) is 0 Å². The molecule has 0 amide bonds. The molecule has 2 heterocycles. The van der Waals surface area contributed by atoms with Crippen molar-refractivity contribution in [1.82, 2.24) is 4.98 Å². The first-order valence-corrected chi connectivity index (χ1v) is 4.98. The van der Waals surface area contributed by atoms with Crippen LogP contribution in [0.5, 0.6) is 0 Å². The molecule has 1 saturated heterocycles. The topological polar surface area (TPSA) is 42.4 Å². The van der Waals surface area contributed by atoms with E-state index in [9.17, 15) is 5.11 Å². The number of pyridine rings is 1. The quantitative estimate of drug-likeness (QED) is 0.766. The van der Waals surface area contributed by atoms with Crippen LogP contribution in [0, 0.1) is 0 Å². The van der Waals surface area contributed by atoms with Gasteiger partial charge in [0.15, 0.2) is 0 Å². The molecule has 0 spiro atoms. The maximum Gasteiger partial charge on any atom is 0.0921 e. The maximum atomic E-state index is 10.2. The molecule has 0 bridgehead atoms. The summed E-state index contributed by atoms with van der Waals surface area (Å²) in [6.45, 7) is 1.23. The van der Waals surface area contributed by atoms with E-state index in [-0.39, 0.29) is 0 Å². The Morgan fingerprint density at radius 1 is 1.43 bits per heavy atom. The SMILES string of the molecule is OC1(Cc2ccncc2)CCCOC1. The van der Waals surface area contributed by atoms with Gasteiger partial charge in [-0.15, -0.1) is 0 Å². The van der Waals surface area contributed by atoms with Crippen LogP contribution in [0.3, 0.4) is 0 Å². The molecule has 76 valence electrons. The van der Waals surface area contributed by atoms with Crippen molar-refractivity contribution < 1.29 is 9.84 Å². The Labute approximate surface area is 83.7 Å². The fraction of sp³-hybridized carbons (Fsp3) is 0.545. The summed E-state index contributed by atoms with van der Waals surface area (Å²) in [6.07, 6.45) is 5.94. The molecular weight excluding hydrogens is 178 g/mol. The van der Waals surface area contributed by atoms with Crippen LogP contribution < -0.4 is 0 Å². The first-order chi connectivity index (χ1) is 6.79. The van der Waals surface area contributed by atoms with Crippen molar-refractivity contribution >= 4 is 0 Å². The first kappa shape index (κ1) is 9.62. The third kappa shape index (κ3) is 2.30. The molecule has 3 nitrogen and oxygen atoms in total. The lowest BCUT2D eigenvalue weighted by molar-refractivity contribution is -0.0845. The number of hydrogen-bond acceptors (Lipinski definition) is 3. The van der Waals surface area contributed by atoms with Crippen LogP contribution in [-0.2, 0) is 11.2 Å². The van der Waals surface area contributed by atoms with E-state index in [2.05, 4.69) is 4.98 Å². The lowest BCUT2D eigenvalue weighted by Gasteiger charge is -2.31. The van der Waals surface area contributed by atoms with E-state index in [4.69, 9.17) is 4.74 Å². The Bertz CT molecular complexity index is 281. The molecule has 1 atom stereocenters. The van der Waals surface area contributed by atoms with Gasteiger partial charge in [0, 0.05) is 25.4 Å². The van der Waals surface area contributed by atoms with Gasteiger partial charge in [-0.2, -0.15) is 0 Å². The van der Waals surface area contributed by atoms with Crippen LogP contribution >= 0.6 is 0 Å². The van der Waals surface area contributed by atoms with Crippen LogP contribution in [0.1, 0.15) is 18.4 Å². The summed E-state index contributed by atoms with van der Waals surface area (Å²) in [5.74, 6) is 0. The molecule has 1 unspecified atom stereocenters. The maximum absolute atomic E-state index is 10.2. The largest absolute Gasteiger partial charge is 0.387 e. The van der Waals surface area contributed by atoms with Gasteiger partial charge in [0.05, 0.1) is 12.2 Å². The number of rotatable bonds is 2. The fourth-order valence-corrected chi connectivity index (χ4v) is 1.86. The van der Waals surface area contributed by atoms with Gasteiger partial charge in [0.2, 0.25) is 0 Å². The Hall–Kier alpha value is -0.930. The molecule has 1 aromatic heterocycles. The third-order valence-electron chi connectivity index (χ3n) is 2.58. The minimum atomic E-state index is -0.667. The molecular formula is C11H15NO2. The minimum Gasteiger partial charge on any atom is -0.387 e. The number of aliphatic hydroxyl groups is 1. The predicted octanol–water partition coefficient (Wildman–Crippen LogP) is 1.17. The number of hydrogen-bond donors (Lipinski definition) is 1. The standard InChI is InChI=1S/C11H15NO2/c13-11(4-1-7-14-9-11)8-10-2-5-12-6-3-10/h2-3,5-6,13H,1,4,7-9H2. The third-order valence-corrected chi connectivity index (χ3v) is 2.58. The van der Waals surface area contributed by atoms with E-state index < -0.39 is 5.60 Å². The summed E-state index contributed by atoms with van der Waals surface area (Å²) in [5.41, 5.74) is 0.451. The number of ether oxygens (including phenoxy) is 1. The van der Waals surface area contributed by atoms with E-state index in [0.29, 0.717) is 13.0 Å². The van der Waals surface area contributed by atoms with Crippen LogP contribution in [0.25, 0.3) is 0 Å². The van der Waals surface area contributed by atoms with Gasteiger partial charge in [-0.25, -0.2) is 0 Å². The second-order valence-electron chi connectivity index (χ2n) is 3.91. The van der Waals surface area contributed by atoms with Crippen LogP contribution in [-0.4, -0.2) is 28.9 Å². The summed E-state index contributed by atoms with van der Waals surface area (Å²) < 4.78 is 5.29.